The third-order valence-corrected chi connectivity index (χ3v) is 7.10. The Morgan fingerprint density at radius 3 is 2.72 bits per heavy atom. The SMILES string of the molecule is Cc1c(Oc2c(F)ccc(NS(=O)(=O)N3CC[C@@H](F)C3)c2Cl)ccc2ncn(C)c(=O)c12. The molecule has 4 rings (SSSR count). The minimum absolute atomic E-state index is 0.0257. The molecule has 0 bridgehead atoms. The predicted molar refractivity (Wildman–Crippen MR) is 117 cm³/mol. The number of hydrogen-bond acceptors (Lipinski definition) is 5. The summed E-state index contributed by atoms with van der Waals surface area (Å²) in [6.45, 7) is 1.38. The van der Waals surface area contributed by atoms with Crippen molar-refractivity contribution in [3.8, 4) is 11.5 Å². The van der Waals surface area contributed by atoms with E-state index in [1.165, 1.54) is 17.0 Å². The van der Waals surface area contributed by atoms with Gasteiger partial charge in [-0.3, -0.25) is 9.52 Å². The summed E-state index contributed by atoms with van der Waals surface area (Å²) in [5, 5.41) is -0.0149. The van der Waals surface area contributed by atoms with E-state index in [1.54, 1.807) is 20.0 Å². The molecule has 32 heavy (non-hydrogen) atoms. The number of fused-ring (bicyclic) bond motifs is 1. The second-order valence-electron chi connectivity index (χ2n) is 7.43. The average molecular weight is 485 g/mol. The Balaban J connectivity index is 1.70. The van der Waals surface area contributed by atoms with E-state index in [0.717, 1.165) is 16.4 Å². The van der Waals surface area contributed by atoms with E-state index in [-0.39, 0.29) is 41.5 Å². The van der Waals surface area contributed by atoms with Gasteiger partial charge in [0.25, 0.3) is 5.56 Å². The molecule has 1 N–H and O–H groups in total. The summed E-state index contributed by atoms with van der Waals surface area (Å²) in [4.78, 5) is 16.7. The molecular weight excluding hydrogens is 466 g/mol. The van der Waals surface area contributed by atoms with Crippen LogP contribution in [0.2, 0.25) is 5.02 Å². The largest absolute Gasteiger partial charge is 0.452 e. The number of nitrogens with one attached hydrogen (secondary N) is 1. The van der Waals surface area contributed by atoms with Crippen molar-refractivity contribution in [3.63, 3.8) is 0 Å². The Hall–Kier alpha value is -2.76. The zero-order valence-electron chi connectivity index (χ0n) is 17.1. The van der Waals surface area contributed by atoms with E-state index < -0.39 is 27.9 Å². The molecular formula is C20H19ClF2N4O4S. The molecule has 0 saturated carbocycles. The molecule has 3 aromatic rings. The fourth-order valence-corrected chi connectivity index (χ4v) is 5.04. The maximum absolute atomic E-state index is 14.6. The van der Waals surface area contributed by atoms with Gasteiger partial charge < -0.3 is 9.30 Å². The van der Waals surface area contributed by atoms with E-state index in [9.17, 15) is 22.0 Å². The molecule has 0 aliphatic carbocycles. The maximum atomic E-state index is 14.6. The van der Waals surface area contributed by atoms with Gasteiger partial charge >= 0.3 is 10.2 Å². The van der Waals surface area contributed by atoms with Crippen LogP contribution in [0.4, 0.5) is 14.5 Å². The molecule has 0 spiro atoms. The van der Waals surface area contributed by atoms with Crippen LogP contribution in [0.15, 0.2) is 35.4 Å². The summed E-state index contributed by atoms with van der Waals surface area (Å²) in [6.07, 6.45) is 0.247. The highest BCUT2D eigenvalue weighted by molar-refractivity contribution is 7.90. The summed E-state index contributed by atoms with van der Waals surface area (Å²) < 4.78 is 63.3. The minimum Gasteiger partial charge on any atom is -0.452 e. The van der Waals surface area contributed by atoms with Crippen LogP contribution in [0.1, 0.15) is 12.0 Å². The topological polar surface area (TPSA) is 93.5 Å². The highest BCUT2D eigenvalue weighted by Gasteiger charge is 2.32. The second kappa shape index (κ2) is 8.30. The molecule has 1 aromatic heterocycles. The third-order valence-electron chi connectivity index (χ3n) is 5.23. The first kappa shape index (κ1) is 22.4. The Morgan fingerprint density at radius 1 is 1.28 bits per heavy atom. The molecule has 1 aliphatic heterocycles. The summed E-state index contributed by atoms with van der Waals surface area (Å²) in [5.41, 5.74) is 0.440. The monoisotopic (exact) mass is 484 g/mol. The summed E-state index contributed by atoms with van der Waals surface area (Å²) in [7, 11) is -2.53. The van der Waals surface area contributed by atoms with Gasteiger partial charge in [-0.25, -0.2) is 13.8 Å². The van der Waals surface area contributed by atoms with Gasteiger partial charge in [-0.1, -0.05) is 11.6 Å². The lowest BCUT2D eigenvalue weighted by Crippen LogP contribution is -2.34. The van der Waals surface area contributed by atoms with Crippen molar-refractivity contribution < 1.29 is 21.9 Å². The fraction of sp³-hybridized carbons (Fsp3) is 0.300. The van der Waals surface area contributed by atoms with Crippen LogP contribution in [0.25, 0.3) is 10.9 Å². The van der Waals surface area contributed by atoms with Gasteiger partial charge in [0.1, 0.15) is 16.9 Å². The lowest BCUT2D eigenvalue weighted by molar-refractivity contribution is 0.343. The van der Waals surface area contributed by atoms with E-state index in [1.807, 2.05) is 0 Å². The van der Waals surface area contributed by atoms with Crippen molar-refractivity contribution in [3.05, 3.63) is 57.3 Å². The Kier molecular flexibility index (Phi) is 5.82. The van der Waals surface area contributed by atoms with Crippen LogP contribution < -0.4 is 15.0 Å². The van der Waals surface area contributed by atoms with Crippen molar-refractivity contribution in [2.75, 3.05) is 17.8 Å². The van der Waals surface area contributed by atoms with Crippen molar-refractivity contribution in [1.29, 1.82) is 0 Å². The Morgan fingerprint density at radius 2 is 2.03 bits per heavy atom. The smallest absolute Gasteiger partial charge is 0.301 e. The number of halogens is 3. The summed E-state index contributed by atoms with van der Waals surface area (Å²) in [6, 6.07) is 5.22. The van der Waals surface area contributed by atoms with Crippen LogP contribution in [-0.4, -0.2) is 41.5 Å². The summed E-state index contributed by atoms with van der Waals surface area (Å²) >= 11 is 6.27. The fourth-order valence-electron chi connectivity index (χ4n) is 3.47. The first-order valence-corrected chi connectivity index (χ1v) is 11.4. The number of benzene rings is 2. The van der Waals surface area contributed by atoms with Gasteiger partial charge in [0.2, 0.25) is 0 Å². The van der Waals surface area contributed by atoms with Gasteiger partial charge in [0, 0.05) is 25.7 Å². The van der Waals surface area contributed by atoms with E-state index >= 15 is 0 Å². The average Bonchev–Trinajstić information content (AvgIpc) is 3.19. The van der Waals surface area contributed by atoms with Crippen LogP contribution in [0, 0.1) is 12.7 Å². The van der Waals surface area contributed by atoms with Crippen LogP contribution in [-0.2, 0) is 17.3 Å². The van der Waals surface area contributed by atoms with Crippen LogP contribution in [0.3, 0.4) is 0 Å². The number of ether oxygens (including phenoxy) is 1. The van der Waals surface area contributed by atoms with Gasteiger partial charge in [0.05, 0.1) is 22.9 Å². The number of hydrogen-bond donors (Lipinski definition) is 1. The van der Waals surface area contributed by atoms with Crippen molar-refractivity contribution >= 4 is 38.4 Å². The van der Waals surface area contributed by atoms with Gasteiger partial charge in [-0.05, 0) is 37.6 Å². The van der Waals surface area contributed by atoms with Crippen molar-refractivity contribution in [2.45, 2.75) is 19.5 Å². The first-order valence-electron chi connectivity index (χ1n) is 9.61. The van der Waals surface area contributed by atoms with Gasteiger partial charge in [0.15, 0.2) is 11.6 Å². The van der Waals surface area contributed by atoms with Crippen molar-refractivity contribution in [2.24, 2.45) is 7.05 Å². The number of aromatic nitrogens is 2. The number of rotatable bonds is 5. The molecule has 0 unspecified atom stereocenters. The number of alkyl halides is 1. The zero-order valence-corrected chi connectivity index (χ0v) is 18.7. The Labute approximate surface area is 187 Å². The normalized spacial score (nSPS) is 17.1. The zero-order chi connectivity index (χ0) is 23.2. The highest BCUT2D eigenvalue weighted by Crippen LogP contribution is 2.39. The number of nitrogens with zero attached hydrogens (tertiary/aromatic N) is 3. The van der Waals surface area contributed by atoms with E-state index in [2.05, 4.69) is 9.71 Å². The maximum Gasteiger partial charge on any atom is 0.301 e. The molecule has 1 fully saturated rings. The molecule has 1 atom stereocenters. The highest BCUT2D eigenvalue weighted by atomic mass is 35.5. The van der Waals surface area contributed by atoms with Crippen molar-refractivity contribution in [1.82, 2.24) is 13.9 Å². The first-order chi connectivity index (χ1) is 15.1. The molecule has 2 aromatic carbocycles. The number of anilines is 1. The molecule has 170 valence electrons. The quantitative estimate of drug-likeness (QED) is 0.598. The summed E-state index contributed by atoms with van der Waals surface area (Å²) in [5.74, 6) is -1.09. The molecule has 8 nitrogen and oxygen atoms in total. The van der Waals surface area contributed by atoms with E-state index in [4.69, 9.17) is 16.3 Å². The van der Waals surface area contributed by atoms with E-state index in [0.29, 0.717) is 16.5 Å². The minimum atomic E-state index is -4.09. The second-order valence-corrected chi connectivity index (χ2v) is 9.48. The molecule has 0 radical (unpaired) electrons. The predicted octanol–water partition coefficient (Wildman–Crippen LogP) is 3.53. The molecule has 0 amide bonds. The van der Waals surface area contributed by atoms with Crippen LogP contribution >= 0.6 is 11.6 Å². The third kappa shape index (κ3) is 4.03. The lowest BCUT2D eigenvalue weighted by atomic mass is 10.1. The molecule has 1 saturated heterocycles. The van der Waals surface area contributed by atoms with Crippen LogP contribution in [0.5, 0.6) is 11.5 Å². The molecule has 12 heteroatoms. The van der Waals surface area contributed by atoms with Gasteiger partial charge in [-0.2, -0.15) is 12.7 Å². The standard InChI is InChI=1S/C20H19ClF2N4O4S/c1-11-16(6-5-14-17(11)20(28)26(2)10-24-14)31-19-13(23)3-4-15(18(19)21)25-32(29,30)27-8-7-12(22)9-27/h3-6,10,12,25H,7-9H2,1-2H3/t12-/m1/s1. The lowest BCUT2D eigenvalue weighted by Gasteiger charge is -2.19. The molecule has 2 heterocycles. The van der Waals surface area contributed by atoms with Gasteiger partial charge in [-0.15, -0.1) is 0 Å². The Bertz CT molecular complexity index is 1380. The number of aryl methyl sites for hydroxylation is 2. The molecule has 1 aliphatic rings.